The normalized spacial score (nSPS) is 22.1. The Bertz CT molecular complexity index is 1220. The second-order valence-electron chi connectivity index (χ2n) is 8.66. The van der Waals surface area contributed by atoms with Gasteiger partial charge in [-0.1, -0.05) is 78.4 Å². The number of rotatable bonds is 5. The summed E-state index contributed by atoms with van der Waals surface area (Å²) in [5, 5.41) is 0. The van der Waals surface area contributed by atoms with Gasteiger partial charge in [0.15, 0.2) is 0 Å². The molecule has 0 unspecified atom stereocenters. The highest BCUT2D eigenvalue weighted by Crippen LogP contribution is 2.44. The molecule has 0 N–H and O–H groups in total. The number of ether oxygens (including phenoxy) is 1. The van der Waals surface area contributed by atoms with Gasteiger partial charge in [0.05, 0.1) is 11.5 Å². The third kappa shape index (κ3) is 3.98. The molecule has 0 aromatic heterocycles. The van der Waals surface area contributed by atoms with E-state index in [1.54, 1.807) is 16.4 Å². The molecule has 5 rings (SSSR count). The smallest absolute Gasteiger partial charge is 0.243 e. The molecule has 1 aliphatic carbocycles. The predicted molar refractivity (Wildman–Crippen MR) is 126 cm³/mol. The first-order valence-electron chi connectivity index (χ1n) is 11.0. The molecule has 5 heteroatoms. The molecule has 0 amide bonds. The van der Waals surface area contributed by atoms with Crippen molar-refractivity contribution in [2.75, 3.05) is 6.61 Å². The lowest BCUT2D eigenvalue weighted by molar-refractivity contribution is 0.193. The van der Waals surface area contributed by atoms with E-state index >= 15 is 0 Å². The van der Waals surface area contributed by atoms with Crippen LogP contribution in [0.5, 0.6) is 5.75 Å². The van der Waals surface area contributed by atoms with E-state index in [-0.39, 0.29) is 17.9 Å². The SMILES string of the molecule is Cc1ccc(S(=O)(=O)N(Cc2ccccc2)[C@H]2C=C[C@@H]3COc4ccccc4[C@@H]3C2)cc1. The van der Waals surface area contributed by atoms with E-state index in [0.717, 1.165) is 23.3 Å². The van der Waals surface area contributed by atoms with Gasteiger partial charge in [-0.15, -0.1) is 0 Å². The molecule has 0 radical (unpaired) electrons. The van der Waals surface area contributed by atoms with Crippen LogP contribution in [0.3, 0.4) is 0 Å². The lowest BCUT2D eigenvalue weighted by Crippen LogP contribution is -2.43. The number of hydrogen-bond donors (Lipinski definition) is 0. The topological polar surface area (TPSA) is 46.6 Å². The maximum atomic E-state index is 13.8. The predicted octanol–water partition coefficient (Wildman–Crippen LogP) is 5.31. The van der Waals surface area contributed by atoms with Crippen molar-refractivity contribution < 1.29 is 13.2 Å². The van der Waals surface area contributed by atoms with Gasteiger partial charge in [0.2, 0.25) is 10.0 Å². The molecule has 0 bridgehead atoms. The number of para-hydroxylation sites is 1. The average Bonchev–Trinajstić information content (AvgIpc) is 2.83. The minimum atomic E-state index is -3.68. The maximum Gasteiger partial charge on any atom is 0.243 e. The van der Waals surface area contributed by atoms with Gasteiger partial charge in [0.1, 0.15) is 5.75 Å². The van der Waals surface area contributed by atoms with E-state index in [2.05, 4.69) is 18.2 Å². The molecule has 164 valence electrons. The summed E-state index contributed by atoms with van der Waals surface area (Å²) in [7, 11) is -3.68. The van der Waals surface area contributed by atoms with Gasteiger partial charge >= 0.3 is 0 Å². The maximum absolute atomic E-state index is 13.8. The molecule has 0 saturated heterocycles. The highest BCUT2D eigenvalue weighted by molar-refractivity contribution is 7.89. The van der Waals surface area contributed by atoms with Crippen LogP contribution in [-0.2, 0) is 16.6 Å². The summed E-state index contributed by atoms with van der Waals surface area (Å²) in [4.78, 5) is 0.335. The Morgan fingerprint density at radius 2 is 1.62 bits per heavy atom. The van der Waals surface area contributed by atoms with E-state index in [1.807, 2.05) is 67.6 Å². The molecule has 0 spiro atoms. The van der Waals surface area contributed by atoms with Crippen molar-refractivity contribution in [2.24, 2.45) is 5.92 Å². The van der Waals surface area contributed by atoms with Crippen LogP contribution in [0.4, 0.5) is 0 Å². The first kappa shape index (κ1) is 21.0. The fourth-order valence-electron chi connectivity index (χ4n) is 4.76. The minimum absolute atomic E-state index is 0.228. The van der Waals surface area contributed by atoms with Crippen LogP contribution < -0.4 is 4.74 Å². The van der Waals surface area contributed by atoms with Crippen LogP contribution in [0.1, 0.15) is 29.0 Å². The number of nitrogens with zero attached hydrogens (tertiary/aromatic N) is 1. The van der Waals surface area contributed by atoms with Crippen molar-refractivity contribution in [3.05, 3.63) is 108 Å². The fraction of sp³-hybridized carbons (Fsp3) is 0.259. The summed E-state index contributed by atoms with van der Waals surface area (Å²) in [5.41, 5.74) is 3.19. The van der Waals surface area contributed by atoms with E-state index in [4.69, 9.17) is 4.74 Å². The van der Waals surface area contributed by atoms with E-state index in [1.165, 1.54) is 5.56 Å². The van der Waals surface area contributed by atoms with E-state index < -0.39 is 10.0 Å². The monoisotopic (exact) mass is 445 g/mol. The van der Waals surface area contributed by atoms with Crippen molar-refractivity contribution in [3.8, 4) is 5.75 Å². The van der Waals surface area contributed by atoms with Crippen molar-refractivity contribution in [1.29, 1.82) is 0 Å². The third-order valence-corrected chi connectivity index (χ3v) is 8.41. The van der Waals surface area contributed by atoms with Gasteiger partial charge in [-0.25, -0.2) is 8.42 Å². The number of fused-ring (bicyclic) bond motifs is 3. The van der Waals surface area contributed by atoms with Crippen molar-refractivity contribution in [3.63, 3.8) is 0 Å². The Kier molecular flexibility index (Phi) is 5.62. The van der Waals surface area contributed by atoms with Crippen molar-refractivity contribution in [1.82, 2.24) is 4.31 Å². The van der Waals surface area contributed by atoms with Crippen LogP contribution in [0.2, 0.25) is 0 Å². The van der Waals surface area contributed by atoms with Gasteiger partial charge in [0.25, 0.3) is 0 Å². The van der Waals surface area contributed by atoms with Gasteiger partial charge in [-0.3, -0.25) is 0 Å². The molecule has 0 saturated carbocycles. The van der Waals surface area contributed by atoms with E-state index in [0.29, 0.717) is 18.0 Å². The Morgan fingerprint density at radius 3 is 2.41 bits per heavy atom. The summed E-state index contributed by atoms with van der Waals surface area (Å²) in [6.07, 6.45) is 4.95. The third-order valence-electron chi connectivity index (χ3n) is 6.52. The quantitative estimate of drug-likeness (QED) is 0.500. The number of aryl methyl sites for hydroxylation is 1. The highest BCUT2D eigenvalue weighted by Gasteiger charge is 2.39. The molecule has 1 aliphatic heterocycles. The van der Waals surface area contributed by atoms with Crippen LogP contribution >= 0.6 is 0 Å². The Morgan fingerprint density at radius 1 is 0.906 bits per heavy atom. The summed E-state index contributed by atoms with van der Waals surface area (Å²) in [5.74, 6) is 1.42. The molecule has 2 aliphatic rings. The second kappa shape index (κ2) is 8.57. The molecular weight excluding hydrogens is 418 g/mol. The summed E-state index contributed by atoms with van der Waals surface area (Å²) in [6.45, 7) is 2.93. The Labute approximate surface area is 190 Å². The standard InChI is InChI=1S/C27H27NO3S/c1-20-11-15-24(16-12-20)32(29,30)28(18-21-7-3-2-4-8-21)23-14-13-22-19-31-27-10-6-5-9-25(27)26(22)17-23/h2-16,22-23,26H,17-19H2,1H3/t22-,23+,26-/m1/s1. The van der Waals surface area contributed by atoms with Gasteiger partial charge < -0.3 is 4.74 Å². The average molecular weight is 446 g/mol. The molecular formula is C27H27NO3S. The zero-order chi connectivity index (χ0) is 22.1. The van der Waals surface area contributed by atoms with Crippen LogP contribution in [0.25, 0.3) is 0 Å². The Balaban J connectivity index is 1.53. The molecule has 32 heavy (non-hydrogen) atoms. The van der Waals surface area contributed by atoms with E-state index in [9.17, 15) is 8.42 Å². The van der Waals surface area contributed by atoms with Crippen LogP contribution in [0, 0.1) is 12.8 Å². The minimum Gasteiger partial charge on any atom is -0.493 e. The van der Waals surface area contributed by atoms with Crippen molar-refractivity contribution >= 4 is 10.0 Å². The first-order chi connectivity index (χ1) is 15.5. The zero-order valence-electron chi connectivity index (χ0n) is 18.1. The van der Waals surface area contributed by atoms with Crippen molar-refractivity contribution in [2.45, 2.75) is 36.7 Å². The molecule has 0 fully saturated rings. The van der Waals surface area contributed by atoms with Gasteiger partial charge in [0, 0.05) is 18.5 Å². The molecule has 3 atom stereocenters. The fourth-order valence-corrected chi connectivity index (χ4v) is 6.34. The summed E-state index contributed by atoms with van der Waals surface area (Å²) in [6, 6.07) is 24.9. The lowest BCUT2D eigenvalue weighted by atomic mass is 9.76. The lowest BCUT2D eigenvalue weighted by Gasteiger charge is -2.40. The highest BCUT2D eigenvalue weighted by atomic mass is 32.2. The molecule has 3 aromatic rings. The summed E-state index contributed by atoms with van der Waals surface area (Å²) < 4.78 is 35.3. The zero-order valence-corrected chi connectivity index (χ0v) is 18.9. The summed E-state index contributed by atoms with van der Waals surface area (Å²) >= 11 is 0. The second-order valence-corrected chi connectivity index (χ2v) is 10.5. The molecule has 3 aromatic carbocycles. The first-order valence-corrected chi connectivity index (χ1v) is 12.5. The molecule has 1 heterocycles. The number of benzene rings is 3. The molecule has 4 nitrogen and oxygen atoms in total. The van der Waals surface area contributed by atoms with Gasteiger partial charge in [-0.2, -0.15) is 4.31 Å². The van der Waals surface area contributed by atoms with Crippen LogP contribution in [-0.4, -0.2) is 25.4 Å². The number of sulfonamides is 1. The number of hydrogen-bond acceptors (Lipinski definition) is 3. The Hall–Kier alpha value is -2.89. The largest absolute Gasteiger partial charge is 0.493 e. The van der Waals surface area contributed by atoms with Gasteiger partial charge in [-0.05, 0) is 48.6 Å². The van der Waals surface area contributed by atoms with Crippen LogP contribution in [0.15, 0.2) is 95.9 Å².